The maximum absolute atomic E-state index is 11.5. The van der Waals surface area contributed by atoms with Gasteiger partial charge in [0.05, 0.1) is 5.02 Å². The average molecular weight is 245 g/mol. The first-order chi connectivity index (χ1) is 7.13. The van der Waals surface area contributed by atoms with Gasteiger partial charge in [0, 0.05) is 17.9 Å². The van der Waals surface area contributed by atoms with Gasteiger partial charge >= 0.3 is 0 Å². The molecule has 0 aliphatic heterocycles. The van der Waals surface area contributed by atoms with E-state index in [0.717, 1.165) is 0 Å². The fourth-order valence-electron chi connectivity index (χ4n) is 1.01. The van der Waals surface area contributed by atoms with Gasteiger partial charge in [-0.3, -0.25) is 4.79 Å². The molecular weight excluding hydrogens is 232 g/mol. The topological polar surface area (TPSA) is 42.0 Å². The van der Waals surface area contributed by atoms with Crippen molar-refractivity contribution >= 4 is 35.1 Å². The molecule has 0 spiro atoms. The van der Waals surface area contributed by atoms with Gasteiger partial charge in [0.25, 0.3) is 0 Å². The summed E-state index contributed by atoms with van der Waals surface area (Å²) >= 11 is 7.51. The zero-order valence-electron chi connectivity index (χ0n) is 8.66. The molecular formula is C10H13ClN2OS. The number of thioether (sulfide) groups is 1. The number of pyridine rings is 1. The third kappa shape index (κ3) is 4.10. The Morgan fingerprint density at radius 2 is 2.47 bits per heavy atom. The molecule has 1 heterocycles. The van der Waals surface area contributed by atoms with Gasteiger partial charge in [0.1, 0.15) is 0 Å². The van der Waals surface area contributed by atoms with Crippen molar-refractivity contribution < 1.29 is 4.79 Å². The Morgan fingerprint density at radius 3 is 3.07 bits per heavy atom. The van der Waals surface area contributed by atoms with Gasteiger partial charge in [0.15, 0.2) is 5.82 Å². The van der Waals surface area contributed by atoms with E-state index in [4.69, 9.17) is 11.6 Å². The SMILES string of the molecule is CSC(C)CC(=O)Nc1ncccc1Cl. The summed E-state index contributed by atoms with van der Waals surface area (Å²) in [5.74, 6) is 0.370. The Kier molecular flexibility index (Phi) is 4.91. The maximum atomic E-state index is 11.5. The van der Waals surface area contributed by atoms with Crippen LogP contribution in [-0.4, -0.2) is 22.4 Å². The van der Waals surface area contributed by atoms with Crippen LogP contribution in [0.3, 0.4) is 0 Å². The van der Waals surface area contributed by atoms with E-state index in [1.807, 2.05) is 13.2 Å². The summed E-state index contributed by atoms with van der Waals surface area (Å²) in [5.41, 5.74) is 0. The van der Waals surface area contributed by atoms with E-state index < -0.39 is 0 Å². The van der Waals surface area contributed by atoms with Gasteiger partial charge in [-0.25, -0.2) is 4.98 Å². The lowest BCUT2D eigenvalue weighted by Crippen LogP contribution is -2.16. The highest BCUT2D eigenvalue weighted by Gasteiger charge is 2.09. The zero-order valence-corrected chi connectivity index (χ0v) is 10.2. The summed E-state index contributed by atoms with van der Waals surface area (Å²) in [4.78, 5) is 15.5. The number of halogens is 1. The fourth-order valence-corrected chi connectivity index (χ4v) is 1.49. The van der Waals surface area contributed by atoms with Crippen molar-refractivity contribution in [2.75, 3.05) is 11.6 Å². The molecule has 1 atom stereocenters. The number of anilines is 1. The van der Waals surface area contributed by atoms with Crippen LogP contribution in [0.25, 0.3) is 0 Å². The number of carbonyl (C=O) groups excluding carboxylic acids is 1. The highest BCUT2D eigenvalue weighted by molar-refractivity contribution is 7.99. The molecule has 1 aromatic rings. The van der Waals surface area contributed by atoms with Crippen LogP contribution in [0.15, 0.2) is 18.3 Å². The quantitative estimate of drug-likeness (QED) is 0.886. The van der Waals surface area contributed by atoms with Crippen molar-refractivity contribution in [3.05, 3.63) is 23.4 Å². The summed E-state index contributed by atoms with van der Waals surface area (Å²) in [6.45, 7) is 2.00. The van der Waals surface area contributed by atoms with Crippen LogP contribution in [-0.2, 0) is 4.79 Å². The standard InChI is InChI=1S/C10H13ClN2OS/c1-7(15-2)6-9(14)13-10-8(11)4-3-5-12-10/h3-5,7H,6H2,1-2H3,(H,12,13,14). The predicted octanol–water partition coefficient (Wildman–Crippen LogP) is 2.82. The van der Waals surface area contributed by atoms with Gasteiger partial charge in [-0.15, -0.1) is 0 Å². The van der Waals surface area contributed by atoms with Gasteiger partial charge in [-0.05, 0) is 18.4 Å². The van der Waals surface area contributed by atoms with E-state index >= 15 is 0 Å². The highest BCUT2D eigenvalue weighted by atomic mass is 35.5. The van der Waals surface area contributed by atoms with Crippen LogP contribution in [0.1, 0.15) is 13.3 Å². The molecule has 0 fully saturated rings. The summed E-state index contributed by atoms with van der Waals surface area (Å²) < 4.78 is 0. The van der Waals surface area contributed by atoms with E-state index in [2.05, 4.69) is 10.3 Å². The highest BCUT2D eigenvalue weighted by Crippen LogP contribution is 2.18. The number of amides is 1. The molecule has 0 aromatic carbocycles. The van der Waals surface area contributed by atoms with Crippen molar-refractivity contribution in [2.24, 2.45) is 0 Å². The van der Waals surface area contributed by atoms with Crippen LogP contribution in [0.5, 0.6) is 0 Å². The first-order valence-electron chi connectivity index (χ1n) is 4.56. The smallest absolute Gasteiger partial charge is 0.226 e. The molecule has 82 valence electrons. The number of nitrogens with one attached hydrogen (secondary N) is 1. The molecule has 0 saturated carbocycles. The second kappa shape index (κ2) is 5.98. The maximum Gasteiger partial charge on any atom is 0.226 e. The monoisotopic (exact) mass is 244 g/mol. The molecule has 5 heteroatoms. The van der Waals surface area contributed by atoms with Crippen LogP contribution in [0.2, 0.25) is 5.02 Å². The molecule has 0 bridgehead atoms. The van der Waals surface area contributed by atoms with Crippen LogP contribution in [0, 0.1) is 0 Å². The third-order valence-electron chi connectivity index (χ3n) is 1.89. The second-order valence-corrected chi connectivity index (χ2v) is 4.82. The van der Waals surface area contributed by atoms with Crippen molar-refractivity contribution in [1.82, 2.24) is 4.98 Å². The molecule has 1 N–H and O–H groups in total. The first kappa shape index (κ1) is 12.3. The molecule has 1 aromatic heterocycles. The molecule has 15 heavy (non-hydrogen) atoms. The largest absolute Gasteiger partial charge is 0.309 e. The predicted molar refractivity (Wildman–Crippen MR) is 65.5 cm³/mol. The minimum atomic E-state index is -0.0579. The van der Waals surface area contributed by atoms with Crippen molar-refractivity contribution in [1.29, 1.82) is 0 Å². The number of rotatable bonds is 4. The lowest BCUT2D eigenvalue weighted by atomic mass is 10.3. The van der Waals surface area contributed by atoms with Crippen molar-refractivity contribution in [3.63, 3.8) is 0 Å². The molecule has 3 nitrogen and oxygen atoms in total. The number of carbonyl (C=O) groups is 1. The summed E-state index contributed by atoms with van der Waals surface area (Å²) in [6, 6.07) is 3.42. The van der Waals surface area contributed by atoms with Crippen LogP contribution >= 0.6 is 23.4 Å². The minimum Gasteiger partial charge on any atom is -0.309 e. The van der Waals surface area contributed by atoms with Crippen LogP contribution in [0.4, 0.5) is 5.82 Å². The Bertz CT molecular complexity index is 346. The Morgan fingerprint density at radius 1 is 1.73 bits per heavy atom. The first-order valence-corrected chi connectivity index (χ1v) is 6.23. The van der Waals surface area contributed by atoms with E-state index in [0.29, 0.717) is 22.5 Å². The Balaban J connectivity index is 2.55. The van der Waals surface area contributed by atoms with Crippen LogP contribution < -0.4 is 5.32 Å². The van der Waals surface area contributed by atoms with E-state index in [-0.39, 0.29) is 5.91 Å². The third-order valence-corrected chi connectivity index (χ3v) is 3.17. The van der Waals surface area contributed by atoms with Crippen molar-refractivity contribution in [3.8, 4) is 0 Å². The summed E-state index contributed by atoms with van der Waals surface area (Å²) in [6.07, 6.45) is 4.04. The average Bonchev–Trinajstić information content (AvgIpc) is 2.21. The molecule has 1 rings (SSSR count). The lowest BCUT2D eigenvalue weighted by Gasteiger charge is -2.08. The normalized spacial score (nSPS) is 12.2. The van der Waals surface area contributed by atoms with Crippen molar-refractivity contribution in [2.45, 2.75) is 18.6 Å². The van der Waals surface area contributed by atoms with Gasteiger partial charge in [0.2, 0.25) is 5.91 Å². The van der Waals surface area contributed by atoms with E-state index in [1.165, 1.54) is 0 Å². The zero-order chi connectivity index (χ0) is 11.3. The molecule has 0 saturated heterocycles. The number of aromatic nitrogens is 1. The number of hydrogen-bond acceptors (Lipinski definition) is 3. The fraction of sp³-hybridized carbons (Fsp3) is 0.400. The van der Waals surface area contributed by atoms with E-state index in [9.17, 15) is 4.79 Å². The minimum absolute atomic E-state index is 0.0579. The lowest BCUT2D eigenvalue weighted by molar-refractivity contribution is -0.116. The summed E-state index contributed by atoms with van der Waals surface area (Å²) in [7, 11) is 0. The Labute approximate surface area is 98.6 Å². The number of hydrogen-bond donors (Lipinski definition) is 1. The summed E-state index contributed by atoms with van der Waals surface area (Å²) in [5, 5.41) is 3.44. The molecule has 0 radical (unpaired) electrons. The van der Waals surface area contributed by atoms with E-state index in [1.54, 1.807) is 30.1 Å². The molecule has 1 unspecified atom stereocenters. The Hall–Kier alpha value is -0.740. The van der Waals surface area contributed by atoms with Gasteiger partial charge < -0.3 is 5.32 Å². The second-order valence-electron chi connectivity index (χ2n) is 3.13. The molecule has 0 aliphatic carbocycles. The van der Waals surface area contributed by atoms with Gasteiger partial charge in [-0.1, -0.05) is 18.5 Å². The molecule has 1 amide bonds. The molecule has 0 aliphatic rings. The number of nitrogens with zero attached hydrogens (tertiary/aromatic N) is 1. The van der Waals surface area contributed by atoms with Gasteiger partial charge in [-0.2, -0.15) is 11.8 Å².